The van der Waals surface area contributed by atoms with Gasteiger partial charge < -0.3 is 5.32 Å². The molecule has 0 amide bonds. The van der Waals surface area contributed by atoms with Gasteiger partial charge in [0.05, 0.1) is 15.6 Å². The summed E-state index contributed by atoms with van der Waals surface area (Å²) in [6.07, 6.45) is 1.11. The molecule has 7 heteroatoms. The average Bonchev–Trinajstić information content (AvgIpc) is 2.39. The topological polar surface area (TPSA) is 46.2 Å². The first-order chi connectivity index (χ1) is 9.79. The number of anilines is 1. The van der Waals surface area contributed by atoms with Crippen molar-refractivity contribution in [3.05, 3.63) is 57.8 Å². The fraction of sp³-hybridized carbons (Fsp3) is 0.143. The van der Waals surface area contributed by atoms with Crippen LogP contribution in [0.3, 0.4) is 0 Å². The molecule has 21 heavy (non-hydrogen) atoms. The molecule has 0 saturated carbocycles. The molecule has 0 aliphatic carbocycles. The molecule has 0 spiro atoms. The van der Waals surface area contributed by atoms with E-state index in [-0.39, 0.29) is 11.4 Å². The second kappa shape index (κ2) is 6.22. The molecule has 2 aromatic carbocycles. The molecule has 0 atom stereocenters. The van der Waals surface area contributed by atoms with Gasteiger partial charge in [-0.15, -0.1) is 0 Å². The first kappa shape index (κ1) is 16.1. The summed E-state index contributed by atoms with van der Waals surface area (Å²) < 4.78 is 36.7. The second-order valence-corrected chi connectivity index (χ2v) is 7.26. The van der Waals surface area contributed by atoms with Gasteiger partial charge in [0, 0.05) is 23.4 Å². The van der Waals surface area contributed by atoms with Crippen LogP contribution in [0.25, 0.3) is 0 Å². The Labute approximate surface area is 132 Å². The fourth-order valence-corrected chi connectivity index (χ4v) is 3.31. The molecule has 112 valence electrons. The minimum Gasteiger partial charge on any atom is -0.380 e. The SMILES string of the molecule is CS(=O)(=O)c1cccc(Cl)c1CNc1cc(F)ccc1Cl. The van der Waals surface area contributed by atoms with E-state index in [0.29, 0.717) is 21.3 Å². The fourth-order valence-electron chi connectivity index (χ4n) is 1.87. The van der Waals surface area contributed by atoms with Crippen LogP contribution in [0, 0.1) is 5.82 Å². The summed E-state index contributed by atoms with van der Waals surface area (Å²) in [5.41, 5.74) is 0.790. The highest BCUT2D eigenvalue weighted by atomic mass is 35.5. The maximum Gasteiger partial charge on any atom is 0.175 e. The number of sulfone groups is 1. The van der Waals surface area contributed by atoms with E-state index in [0.717, 1.165) is 6.26 Å². The van der Waals surface area contributed by atoms with Crippen molar-refractivity contribution in [3.8, 4) is 0 Å². The van der Waals surface area contributed by atoms with Gasteiger partial charge in [0.1, 0.15) is 5.82 Å². The van der Waals surface area contributed by atoms with Crippen molar-refractivity contribution in [2.45, 2.75) is 11.4 Å². The zero-order valence-corrected chi connectivity index (χ0v) is 13.4. The van der Waals surface area contributed by atoms with Crippen LogP contribution in [0.15, 0.2) is 41.3 Å². The van der Waals surface area contributed by atoms with E-state index >= 15 is 0 Å². The molecule has 0 aliphatic rings. The van der Waals surface area contributed by atoms with E-state index in [9.17, 15) is 12.8 Å². The molecule has 0 radical (unpaired) electrons. The Hall–Kier alpha value is -1.30. The van der Waals surface area contributed by atoms with E-state index in [1.54, 1.807) is 12.1 Å². The Morgan fingerprint density at radius 3 is 2.52 bits per heavy atom. The van der Waals surface area contributed by atoms with Crippen LogP contribution in [0.4, 0.5) is 10.1 Å². The lowest BCUT2D eigenvalue weighted by Gasteiger charge is -2.13. The van der Waals surface area contributed by atoms with Gasteiger partial charge in [-0.25, -0.2) is 12.8 Å². The van der Waals surface area contributed by atoms with Crippen molar-refractivity contribution in [3.63, 3.8) is 0 Å². The first-order valence-electron chi connectivity index (χ1n) is 5.95. The Kier molecular flexibility index (Phi) is 4.76. The van der Waals surface area contributed by atoms with Crippen LogP contribution in [0.5, 0.6) is 0 Å². The third-order valence-corrected chi connectivity index (χ3v) is 4.72. The van der Waals surface area contributed by atoms with Crippen LogP contribution in [-0.4, -0.2) is 14.7 Å². The zero-order chi connectivity index (χ0) is 15.6. The molecule has 1 N–H and O–H groups in total. The van der Waals surface area contributed by atoms with E-state index in [2.05, 4.69) is 5.32 Å². The monoisotopic (exact) mass is 347 g/mol. The molecule has 0 heterocycles. The van der Waals surface area contributed by atoms with E-state index in [1.807, 2.05) is 0 Å². The number of halogens is 3. The van der Waals surface area contributed by atoms with Crippen molar-refractivity contribution in [1.29, 1.82) is 0 Å². The summed E-state index contributed by atoms with van der Waals surface area (Å²) in [5.74, 6) is -0.440. The summed E-state index contributed by atoms with van der Waals surface area (Å²) in [6.45, 7) is 0.116. The molecular formula is C14H12Cl2FNO2S. The minimum atomic E-state index is -3.41. The van der Waals surface area contributed by atoms with Crippen LogP contribution in [0.2, 0.25) is 10.0 Å². The van der Waals surface area contributed by atoms with Gasteiger partial charge in [-0.2, -0.15) is 0 Å². The maximum atomic E-state index is 13.2. The van der Waals surface area contributed by atoms with Gasteiger partial charge in [-0.3, -0.25) is 0 Å². The van der Waals surface area contributed by atoms with E-state index < -0.39 is 15.7 Å². The molecule has 0 bridgehead atoms. The summed E-state index contributed by atoms with van der Waals surface area (Å²) in [5, 5.41) is 3.56. The van der Waals surface area contributed by atoms with Crippen LogP contribution >= 0.6 is 23.2 Å². The summed E-state index contributed by atoms with van der Waals surface area (Å²) >= 11 is 12.0. The lowest BCUT2D eigenvalue weighted by atomic mass is 10.2. The molecule has 0 saturated heterocycles. The molecule has 2 aromatic rings. The van der Waals surface area contributed by atoms with Crippen LogP contribution < -0.4 is 5.32 Å². The van der Waals surface area contributed by atoms with E-state index in [1.165, 1.54) is 24.3 Å². The largest absolute Gasteiger partial charge is 0.380 e. The molecule has 0 unspecified atom stereocenters. The first-order valence-corrected chi connectivity index (χ1v) is 8.60. The highest BCUT2D eigenvalue weighted by Crippen LogP contribution is 2.27. The standard InChI is InChI=1S/C14H12Cl2FNO2S/c1-21(19,20)14-4-2-3-11(15)10(14)8-18-13-7-9(17)5-6-12(13)16/h2-7,18H,8H2,1H3. The average molecular weight is 348 g/mol. The van der Waals surface area contributed by atoms with Crippen molar-refractivity contribution < 1.29 is 12.8 Å². The highest BCUT2D eigenvalue weighted by Gasteiger charge is 2.16. The predicted octanol–water partition coefficient (Wildman–Crippen LogP) is 4.15. The van der Waals surface area contributed by atoms with Gasteiger partial charge in [0.15, 0.2) is 9.84 Å². The van der Waals surface area contributed by atoms with Crippen molar-refractivity contribution >= 4 is 38.7 Å². The lowest BCUT2D eigenvalue weighted by Crippen LogP contribution is -2.08. The van der Waals surface area contributed by atoms with Gasteiger partial charge in [0.25, 0.3) is 0 Å². The number of rotatable bonds is 4. The van der Waals surface area contributed by atoms with Crippen molar-refractivity contribution in [2.75, 3.05) is 11.6 Å². The van der Waals surface area contributed by atoms with Gasteiger partial charge >= 0.3 is 0 Å². The van der Waals surface area contributed by atoms with Gasteiger partial charge in [-0.1, -0.05) is 29.3 Å². The summed E-state index contributed by atoms with van der Waals surface area (Å²) in [4.78, 5) is 0.134. The lowest BCUT2D eigenvalue weighted by molar-refractivity contribution is 0.601. The Balaban J connectivity index is 2.34. The minimum absolute atomic E-state index is 0.116. The number of hydrogen-bond donors (Lipinski definition) is 1. The Morgan fingerprint density at radius 1 is 1.14 bits per heavy atom. The summed E-state index contributed by atoms with van der Waals surface area (Å²) in [6, 6.07) is 8.54. The predicted molar refractivity (Wildman–Crippen MR) is 83.3 cm³/mol. The molecule has 3 nitrogen and oxygen atoms in total. The Morgan fingerprint density at radius 2 is 1.86 bits per heavy atom. The molecule has 2 rings (SSSR count). The van der Waals surface area contributed by atoms with Crippen molar-refractivity contribution in [2.24, 2.45) is 0 Å². The highest BCUT2D eigenvalue weighted by molar-refractivity contribution is 7.90. The van der Waals surface area contributed by atoms with Gasteiger partial charge in [0.2, 0.25) is 0 Å². The normalized spacial score (nSPS) is 11.4. The molecule has 0 aromatic heterocycles. The number of hydrogen-bond acceptors (Lipinski definition) is 3. The maximum absolute atomic E-state index is 13.2. The van der Waals surface area contributed by atoms with Crippen LogP contribution in [0.1, 0.15) is 5.56 Å². The molecule has 0 fully saturated rings. The molecule has 0 aliphatic heterocycles. The van der Waals surface area contributed by atoms with Crippen LogP contribution in [-0.2, 0) is 16.4 Å². The smallest absolute Gasteiger partial charge is 0.175 e. The van der Waals surface area contributed by atoms with Crippen molar-refractivity contribution in [1.82, 2.24) is 0 Å². The third-order valence-electron chi connectivity index (χ3n) is 2.86. The molecular weight excluding hydrogens is 336 g/mol. The van der Waals surface area contributed by atoms with Gasteiger partial charge in [-0.05, 0) is 30.3 Å². The number of nitrogens with one attached hydrogen (secondary N) is 1. The summed E-state index contributed by atoms with van der Waals surface area (Å²) in [7, 11) is -3.41. The Bertz CT molecular complexity index is 779. The number of benzene rings is 2. The third kappa shape index (κ3) is 3.87. The van der Waals surface area contributed by atoms with E-state index in [4.69, 9.17) is 23.2 Å². The second-order valence-electron chi connectivity index (χ2n) is 4.47. The quantitative estimate of drug-likeness (QED) is 0.903. The zero-order valence-electron chi connectivity index (χ0n) is 11.0.